The number of hydrogen-bond donors (Lipinski definition) is 1. The number of hydrogen-bond acceptors (Lipinski definition) is 9. The molecule has 10 nitrogen and oxygen atoms in total. The Balaban J connectivity index is 1.58. The van der Waals surface area contributed by atoms with Gasteiger partial charge in [-0.05, 0) is 30.0 Å². The van der Waals surface area contributed by atoms with E-state index in [0.717, 1.165) is 5.69 Å². The summed E-state index contributed by atoms with van der Waals surface area (Å²) in [6, 6.07) is 11.0. The van der Waals surface area contributed by atoms with E-state index >= 15 is 0 Å². The van der Waals surface area contributed by atoms with Gasteiger partial charge in [-0.15, -0.1) is 0 Å². The van der Waals surface area contributed by atoms with Crippen LogP contribution in [0, 0.1) is 10.1 Å². The van der Waals surface area contributed by atoms with Crippen LogP contribution in [0.3, 0.4) is 0 Å². The van der Waals surface area contributed by atoms with Crippen molar-refractivity contribution in [3.63, 3.8) is 0 Å². The van der Waals surface area contributed by atoms with Gasteiger partial charge in [-0.2, -0.15) is 0 Å². The molecule has 2 aromatic rings. The molecule has 0 fully saturated rings. The number of aromatic nitrogens is 1. The van der Waals surface area contributed by atoms with Crippen molar-refractivity contribution in [3.05, 3.63) is 92.4 Å². The highest BCUT2D eigenvalue weighted by atomic mass is 32.2. The third-order valence-corrected chi connectivity index (χ3v) is 6.46. The minimum absolute atomic E-state index is 0.0488. The normalized spacial score (nSPS) is 16.9. The van der Waals surface area contributed by atoms with Gasteiger partial charge in [0, 0.05) is 42.7 Å². The van der Waals surface area contributed by atoms with Gasteiger partial charge < -0.3 is 15.0 Å². The average Bonchev–Trinajstić information content (AvgIpc) is 3.25. The van der Waals surface area contributed by atoms with E-state index in [4.69, 9.17) is 4.74 Å². The van der Waals surface area contributed by atoms with Crippen molar-refractivity contribution in [2.24, 2.45) is 4.99 Å². The van der Waals surface area contributed by atoms with Crippen molar-refractivity contribution in [2.75, 3.05) is 13.7 Å². The van der Waals surface area contributed by atoms with Gasteiger partial charge in [0.1, 0.15) is 0 Å². The number of carbonyl (C=O) groups excluding carboxylic acids is 2. The van der Waals surface area contributed by atoms with Crippen LogP contribution in [0.5, 0.6) is 0 Å². The second-order valence-electron chi connectivity index (χ2n) is 7.83. The largest absolute Gasteiger partial charge is 0.466 e. The van der Waals surface area contributed by atoms with Crippen molar-refractivity contribution in [2.45, 2.75) is 25.8 Å². The lowest BCUT2D eigenvalue weighted by Crippen LogP contribution is -2.38. The fraction of sp³-hybridized carbons (Fsp3) is 0.250. The first kappa shape index (κ1) is 24.1. The molecule has 0 saturated carbocycles. The molecule has 35 heavy (non-hydrogen) atoms. The first-order valence-corrected chi connectivity index (χ1v) is 11.7. The average molecular weight is 494 g/mol. The number of fused-ring (bicyclic) bond motifs is 1. The highest BCUT2D eigenvalue weighted by Crippen LogP contribution is 2.45. The number of benzene rings is 1. The van der Waals surface area contributed by atoms with E-state index in [0.29, 0.717) is 35.1 Å². The lowest BCUT2D eigenvalue weighted by molar-refractivity contribution is -0.384. The third kappa shape index (κ3) is 5.24. The van der Waals surface area contributed by atoms with E-state index in [-0.39, 0.29) is 23.6 Å². The molecular weight excluding hydrogens is 470 g/mol. The number of aliphatic imine (C=N–C) groups is 1. The summed E-state index contributed by atoms with van der Waals surface area (Å²) in [4.78, 5) is 47.0. The molecular formula is C24H23N5O5S. The maximum absolute atomic E-state index is 12.8. The third-order valence-electron chi connectivity index (χ3n) is 5.57. The standard InChI is InChI=1S/C24H23N5O5S/c1-15-21(23(31)34-2)22(16-6-5-8-18(12-16)29(32)33)28-19(14-35-24(28)27-15)13-20(30)26-11-9-17-7-3-4-10-25-17/h3-8,10,12,14,22H,9,11,13H2,1-2H3,(H,26,30). The zero-order valence-electron chi connectivity index (χ0n) is 19.1. The Kier molecular flexibility index (Phi) is 7.25. The van der Waals surface area contributed by atoms with Crippen LogP contribution in [0.25, 0.3) is 0 Å². The zero-order chi connectivity index (χ0) is 24.9. The molecule has 0 radical (unpaired) electrons. The molecule has 11 heteroatoms. The number of methoxy groups -OCH3 is 1. The fourth-order valence-electron chi connectivity index (χ4n) is 3.97. The summed E-state index contributed by atoms with van der Waals surface area (Å²) in [5, 5.41) is 16.7. The molecule has 4 rings (SSSR count). The molecule has 1 N–H and O–H groups in total. The number of nitrogens with one attached hydrogen (secondary N) is 1. The molecule has 1 aromatic heterocycles. The molecule has 1 unspecified atom stereocenters. The Bertz CT molecular complexity index is 1260. The van der Waals surface area contributed by atoms with Gasteiger partial charge in [0.2, 0.25) is 5.91 Å². The van der Waals surface area contributed by atoms with Crippen molar-refractivity contribution in [1.29, 1.82) is 0 Å². The SMILES string of the molecule is COC(=O)C1=C(C)N=C2SC=C(CC(=O)NCCc3ccccn3)N2C1c1cccc([N+](=O)[O-])c1. The van der Waals surface area contributed by atoms with Crippen LogP contribution in [0.2, 0.25) is 0 Å². The van der Waals surface area contributed by atoms with Gasteiger partial charge in [-0.3, -0.25) is 19.9 Å². The molecule has 0 aliphatic carbocycles. The maximum Gasteiger partial charge on any atom is 0.338 e. The Labute approximate surface area is 205 Å². The molecule has 3 heterocycles. The molecule has 180 valence electrons. The summed E-state index contributed by atoms with van der Waals surface area (Å²) >= 11 is 1.33. The Hall–Kier alpha value is -3.99. The number of nitrogens with zero attached hydrogens (tertiary/aromatic N) is 4. The molecule has 1 aromatic carbocycles. The number of amidine groups is 1. The van der Waals surface area contributed by atoms with Crippen molar-refractivity contribution in [3.8, 4) is 0 Å². The van der Waals surface area contributed by atoms with Crippen LogP contribution >= 0.6 is 11.8 Å². The number of rotatable bonds is 8. The van der Waals surface area contributed by atoms with Crippen LogP contribution in [0.1, 0.15) is 30.6 Å². The van der Waals surface area contributed by atoms with Gasteiger partial charge in [0.25, 0.3) is 5.69 Å². The number of nitro groups is 1. The predicted octanol–water partition coefficient (Wildman–Crippen LogP) is 3.49. The quantitative estimate of drug-likeness (QED) is 0.336. The van der Waals surface area contributed by atoms with Gasteiger partial charge in [-0.25, -0.2) is 9.79 Å². The summed E-state index contributed by atoms with van der Waals surface area (Å²) < 4.78 is 5.01. The van der Waals surface area contributed by atoms with E-state index in [9.17, 15) is 19.7 Å². The number of esters is 1. The monoisotopic (exact) mass is 493 g/mol. The van der Waals surface area contributed by atoms with Gasteiger partial charge in [0.15, 0.2) is 5.17 Å². The maximum atomic E-state index is 12.8. The number of non-ortho nitro benzene ring substituents is 1. The molecule has 0 saturated heterocycles. The first-order valence-electron chi connectivity index (χ1n) is 10.8. The van der Waals surface area contributed by atoms with E-state index in [1.165, 1.54) is 31.0 Å². The summed E-state index contributed by atoms with van der Waals surface area (Å²) in [5.41, 5.74) is 2.66. The van der Waals surface area contributed by atoms with E-state index in [1.807, 2.05) is 23.6 Å². The lowest BCUT2D eigenvalue weighted by atomic mass is 9.93. The minimum atomic E-state index is -0.725. The predicted molar refractivity (Wildman–Crippen MR) is 131 cm³/mol. The van der Waals surface area contributed by atoms with Crippen molar-refractivity contribution < 1.29 is 19.2 Å². The van der Waals surface area contributed by atoms with Crippen LogP contribution in [-0.4, -0.2) is 45.5 Å². The number of pyridine rings is 1. The highest BCUT2D eigenvalue weighted by molar-refractivity contribution is 8.16. The van der Waals surface area contributed by atoms with Crippen LogP contribution < -0.4 is 5.32 Å². The van der Waals surface area contributed by atoms with Gasteiger partial charge in [-0.1, -0.05) is 30.0 Å². The molecule has 2 aliphatic rings. The molecule has 1 atom stereocenters. The second-order valence-corrected chi connectivity index (χ2v) is 8.67. The molecule has 0 spiro atoms. The Morgan fingerprint density at radius 1 is 1.26 bits per heavy atom. The highest BCUT2D eigenvalue weighted by Gasteiger charge is 2.41. The lowest BCUT2D eigenvalue weighted by Gasteiger charge is -2.36. The number of ether oxygens (including phenoxy) is 1. The van der Waals surface area contributed by atoms with Crippen LogP contribution in [0.15, 0.2) is 76.0 Å². The van der Waals surface area contributed by atoms with E-state index < -0.39 is 16.9 Å². The minimum Gasteiger partial charge on any atom is -0.466 e. The summed E-state index contributed by atoms with van der Waals surface area (Å²) in [6.07, 6.45) is 2.35. The number of amides is 1. The summed E-state index contributed by atoms with van der Waals surface area (Å²) in [6.45, 7) is 2.13. The topological polar surface area (TPSA) is 127 Å². The van der Waals surface area contributed by atoms with Gasteiger partial charge >= 0.3 is 5.97 Å². The molecule has 0 bridgehead atoms. The Morgan fingerprint density at radius 2 is 2.09 bits per heavy atom. The second kappa shape index (κ2) is 10.5. The van der Waals surface area contributed by atoms with Gasteiger partial charge in [0.05, 0.1) is 35.8 Å². The zero-order valence-corrected chi connectivity index (χ0v) is 19.9. The summed E-state index contributed by atoms with van der Waals surface area (Å²) in [5.74, 6) is -0.782. The van der Waals surface area contributed by atoms with E-state index in [1.54, 1.807) is 30.2 Å². The number of allylic oxidation sites excluding steroid dienone is 1. The number of thioether (sulfide) groups is 1. The van der Waals surface area contributed by atoms with Crippen LogP contribution in [0.4, 0.5) is 5.69 Å². The molecule has 2 aliphatic heterocycles. The molecule has 1 amide bonds. The van der Waals surface area contributed by atoms with Crippen molar-refractivity contribution >= 4 is 34.5 Å². The summed E-state index contributed by atoms with van der Waals surface area (Å²) in [7, 11) is 1.27. The fourth-order valence-corrected chi connectivity index (χ4v) is 4.93. The van der Waals surface area contributed by atoms with Crippen LogP contribution in [-0.2, 0) is 20.7 Å². The van der Waals surface area contributed by atoms with E-state index in [2.05, 4.69) is 15.3 Å². The Morgan fingerprint density at radius 3 is 2.80 bits per heavy atom. The first-order chi connectivity index (χ1) is 16.9. The van der Waals surface area contributed by atoms with Crippen molar-refractivity contribution in [1.82, 2.24) is 15.2 Å². The number of nitro benzene ring substituents is 1. The number of carbonyl (C=O) groups is 2. The smallest absolute Gasteiger partial charge is 0.338 e.